The highest BCUT2D eigenvalue weighted by Crippen LogP contribution is 1.93. The summed E-state index contributed by atoms with van der Waals surface area (Å²) in [5, 5.41) is 2.65. The van der Waals surface area contributed by atoms with Crippen molar-refractivity contribution in [2.45, 2.75) is 26.4 Å². The summed E-state index contributed by atoms with van der Waals surface area (Å²) < 4.78 is 0. The summed E-state index contributed by atoms with van der Waals surface area (Å²) in [5.74, 6) is -0.188. The summed E-state index contributed by atoms with van der Waals surface area (Å²) in [6, 6.07) is -0.492. The minimum absolute atomic E-state index is 0.188. The maximum absolute atomic E-state index is 11.1. The Morgan fingerprint density at radius 1 is 1.57 bits per heavy atom. The van der Waals surface area contributed by atoms with Gasteiger partial charge in [-0.1, -0.05) is 0 Å². The van der Waals surface area contributed by atoms with E-state index in [1.807, 2.05) is 6.92 Å². The summed E-state index contributed by atoms with van der Waals surface area (Å²) in [4.78, 5) is 19.2. The summed E-state index contributed by atoms with van der Waals surface area (Å²) in [7, 11) is 0. The molecule has 1 amide bonds. The first kappa shape index (κ1) is 10.6. The Labute approximate surface area is 82.7 Å². The number of carbonyl (C=O) groups excluding carboxylic acids is 1. The van der Waals surface area contributed by atoms with E-state index >= 15 is 0 Å². The highest BCUT2D eigenvalue weighted by Gasteiger charge is 2.06. The van der Waals surface area contributed by atoms with Crippen molar-refractivity contribution in [3.8, 4) is 0 Å². The van der Waals surface area contributed by atoms with Crippen LogP contribution in [-0.4, -0.2) is 21.9 Å². The zero-order valence-corrected chi connectivity index (χ0v) is 8.32. The Morgan fingerprint density at radius 2 is 2.29 bits per heavy atom. The smallest absolute Gasteiger partial charge is 0.236 e. The fraction of sp³-hybridized carbons (Fsp3) is 0.444. The highest BCUT2D eigenvalue weighted by molar-refractivity contribution is 5.80. The summed E-state index contributed by atoms with van der Waals surface area (Å²) in [5.41, 5.74) is 6.96. The van der Waals surface area contributed by atoms with E-state index in [0.29, 0.717) is 6.54 Å². The molecule has 76 valence electrons. The van der Waals surface area contributed by atoms with Crippen LogP contribution in [-0.2, 0) is 11.3 Å². The SMILES string of the molecule is Cc1cnc(CNC(=O)[C@@H](C)N)cn1. The van der Waals surface area contributed by atoms with Gasteiger partial charge in [0.05, 0.1) is 30.2 Å². The normalized spacial score (nSPS) is 12.2. The number of aryl methyl sites for hydroxylation is 1. The van der Waals surface area contributed by atoms with Crippen molar-refractivity contribution in [2.24, 2.45) is 5.73 Å². The second-order valence-electron chi connectivity index (χ2n) is 3.16. The number of rotatable bonds is 3. The van der Waals surface area contributed by atoms with Gasteiger partial charge in [-0.05, 0) is 13.8 Å². The molecule has 0 saturated carbocycles. The molecule has 1 aromatic rings. The van der Waals surface area contributed by atoms with Crippen LogP contribution in [0.1, 0.15) is 18.3 Å². The number of nitrogens with two attached hydrogens (primary N) is 1. The molecule has 5 heteroatoms. The van der Waals surface area contributed by atoms with Crippen LogP contribution in [0.5, 0.6) is 0 Å². The molecule has 0 fully saturated rings. The van der Waals surface area contributed by atoms with Crippen molar-refractivity contribution in [3.05, 3.63) is 23.8 Å². The van der Waals surface area contributed by atoms with Crippen LogP contribution in [0.4, 0.5) is 0 Å². The predicted octanol–water partition coefficient (Wildman–Crippen LogP) is -0.252. The van der Waals surface area contributed by atoms with E-state index in [4.69, 9.17) is 5.73 Å². The Balaban J connectivity index is 2.46. The van der Waals surface area contributed by atoms with E-state index in [9.17, 15) is 4.79 Å². The van der Waals surface area contributed by atoms with Crippen LogP contribution in [0.15, 0.2) is 12.4 Å². The molecule has 0 unspecified atom stereocenters. The van der Waals surface area contributed by atoms with Crippen molar-refractivity contribution in [1.29, 1.82) is 0 Å². The Bertz CT molecular complexity index is 307. The van der Waals surface area contributed by atoms with Crippen LogP contribution < -0.4 is 11.1 Å². The number of aromatic nitrogens is 2. The van der Waals surface area contributed by atoms with Gasteiger partial charge in [-0.25, -0.2) is 0 Å². The van der Waals surface area contributed by atoms with Gasteiger partial charge in [0.1, 0.15) is 0 Å². The quantitative estimate of drug-likeness (QED) is 0.695. The molecule has 1 rings (SSSR count). The third-order valence-corrected chi connectivity index (χ3v) is 1.69. The first-order chi connectivity index (χ1) is 6.59. The molecule has 1 aromatic heterocycles. The molecule has 0 aliphatic carbocycles. The van der Waals surface area contributed by atoms with Crippen LogP contribution >= 0.6 is 0 Å². The Morgan fingerprint density at radius 3 is 2.79 bits per heavy atom. The molecule has 0 bridgehead atoms. The monoisotopic (exact) mass is 194 g/mol. The third kappa shape index (κ3) is 3.10. The molecule has 5 nitrogen and oxygen atoms in total. The number of amides is 1. The van der Waals surface area contributed by atoms with Gasteiger partial charge in [0.15, 0.2) is 0 Å². The maximum atomic E-state index is 11.1. The van der Waals surface area contributed by atoms with Gasteiger partial charge in [0, 0.05) is 6.20 Å². The molecule has 0 saturated heterocycles. The Hall–Kier alpha value is -1.49. The van der Waals surface area contributed by atoms with Gasteiger partial charge in [0.2, 0.25) is 5.91 Å². The van der Waals surface area contributed by atoms with Crippen LogP contribution in [0, 0.1) is 6.92 Å². The van der Waals surface area contributed by atoms with Gasteiger partial charge in [-0.3, -0.25) is 14.8 Å². The predicted molar refractivity (Wildman–Crippen MR) is 52.3 cm³/mol. The van der Waals surface area contributed by atoms with Crippen LogP contribution in [0.3, 0.4) is 0 Å². The zero-order valence-electron chi connectivity index (χ0n) is 8.32. The van der Waals surface area contributed by atoms with E-state index in [2.05, 4.69) is 15.3 Å². The molecule has 0 radical (unpaired) electrons. The molecule has 14 heavy (non-hydrogen) atoms. The lowest BCUT2D eigenvalue weighted by Gasteiger charge is -2.06. The van der Waals surface area contributed by atoms with Crippen molar-refractivity contribution < 1.29 is 4.79 Å². The minimum atomic E-state index is -0.492. The van der Waals surface area contributed by atoms with Crippen LogP contribution in [0.2, 0.25) is 0 Å². The largest absolute Gasteiger partial charge is 0.349 e. The van der Waals surface area contributed by atoms with Crippen molar-refractivity contribution >= 4 is 5.91 Å². The van der Waals surface area contributed by atoms with Gasteiger partial charge in [0.25, 0.3) is 0 Å². The first-order valence-electron chi connectivity index (χ1n) is 4.40. The van der Waals surface area contributed by atoms with Gasteiger partial charge in [-0.15, -0.1) is 0 Å². The lowest BCUT2D eigenvalue weighted by atomic mass is 10.3. The van der Waals surface area contributed by atoms with E-state index in [1.54, 1.807) is 19.3 Å². The summed E-state index contributed by atoms with van der Waals surface area (Å²) >= 11 is 0. The van der Waals surface area contributed by atoms with E-state index in [-0.39, 0.29) is 5.91 Å². The second kappa shape index (κ2) is 4.66. The van der Waals surface area contributed by atoms with Gasteiger partial charge < -0.3 is 11.1 Å². The van der Waals surface area contributed by atoms with E-state index < -0.39 is 6.04 Å². The molecule has 0 spiro atoms. The zero-order chi connectivity index (χ0) is 10.6. The summed E-state index contributed by atoms with van der Waals surface area (Å²) in [6.07, 6.45) is 3.30. The molecule has 0 aromatic carbocycles. The van der Waals surface area contributed by atoms with E-state index in [1.165, 1.54) is 0 Å². The fourth-order valence-corrected chi connectivity index (χ4v) is 0.849. The van der Waals surface area contributed by atoms with Crippen molar-refractivity contribution in [2.75, 3.05) is 0 Å². The second-order valence-corrected chi connectivity index (χ2v) is 3.16. The molecular formula is C9H14N4O. The maximum Gasteiger partial charge on any atom is 0.236 e. The van der Waals surface area contributed by atoms with Crippen molar-refractivity contribution in [1.82, 2.24) is 15.3 Å². The van der Waals surface area contributed by atoms with Crippen LogP contribution in [0.25, 0.3) is 0 Å². The summed E-state index contributed by atoms with van der Waals surface area (Å²) in [6.45, 7) is 3.86. The average Bonchev–Trinajstić information content (AvgIpc) is 2.16. The molecular weight excluding hydrogens is 180 g/mol. The average molecular weight is 194 g/mol. The molecule has 0 aliphatic rings. The number of hydrogen-bond acceptors (Lipinski definition) is 4. The van der Waals surface area contributed by atoms with Crippen molar-refractivity contribution in [3.63, 3.8) is 0 Å². The topological polar surface area (TPSA) is 80.9 Å². The molecule has 0 aliphatic heterocycles. The molecule has 1 atom stereocenters. The number of nitrogens with zero attached hydrogens (tertiary/aromatic N) is 2. The van der Waals surface area contributed by atoms with Gasteiger partial charge in [-0.2, -0.15) is 0 Å². The standard InChI is InChI=1S/C9H14N4O/c1-6-3-12-8(4-11-6)5-13-9(14)7(2)10/h3-4,7H,5,10H2,1-2H3,(H,13,14)/t7-/m1/s1. The van der Waals surface area contributed by atoms with Gasteiger partial charge >= 0.3 is 0 Å². The first-order valence-corrected chi connectivity index (χ1v) is 4.40. The van der Waals surface area contributed by atoms with E-state index in [0.717, 1.165) is 11.4 Å². The lowest BCUT2D eigenvalue weighted by Crippen LogP contribution is -2.37. The minimum Gasteiger partial charge on any atom is -0.349 e. The lowest BCUT2D eigenvalue weighted by molar-refractivity contribution is -0.122. The molecule has 1 heterocycles. The fourth-order valence-electron chi connectivity index (χ4n) is 0.849. The number of nitrogens with one attached hydrogen (secondary N) is 1. The highest BCUT2D eigenvalue weighted by atomic mass is 16.2. The number of carbonyl (C=O) groups is 1. The Kier molecular flexibility index (Phi) is 3.53. The molecule has 3 N–H and O–H groups in total. The number of hydrogen-bond donors (Lipinski definition) is 2. The third-order valence-electron chi connectivity index (χ3n) is 1.69.